The molecule has 10 heteroatoms. The molecule has 0 saturated carbocycles. The lowest BCUT2D eigenvalue weighted by atomic mass is 10.3. The number of amides is 1. The molecule has 1 heterocycles. The number of benzene rings is 2. The Morgan fingerprint density at radius 3 is 2.78 bits per heavy atom. The molecule has 27 heavy (non-hydrogen) atoms. The number of aliphatic imine (C=N–C) groups is 1. The molecule has 1 aromatic heterocycles. The topological polar surface area (TPSA) is 116 Å². The standard InChI is InChI=1S/C17H13ClFN5O3/c18-12-8-11(6-7-13(12)19)21-16(20)15-14(23-27-24-15)9-26-17(25)22-10-4-2-1-3-5-10/h1-8H,9H2,(H2,20,21)(H,22,25). The molecule has 3 aromatic rings. The van der Waals surface area contributed by atoms with E-state index in [2.05, 4.69) is 25.3 Å². The van der Waals surface area contributed by atoms with Crippen LogP contribution in [0.2, 0.25) is 5.02 Å². The normalized spacial score (nSPS) is 11.3. The van der Waals surface area contributed by atoms with Crippen molar-refractivity contribution in [2.45, 2.75) is 6.61 Å². The van der Waals surface area contributed by atoms with Gasteiger partial charge in [0.15, 0.2) is 17.2 Å². The van der Waals surface area contributed by atoms with Crippen LogP contribution in [0.15, 0.2) is 58.2 Å². The first-order valence-corrected chi connectivity index (χ1v) is 8.00. The van der Waals surface area contributed by atoms with Gasteiger partial charge in [-0.1, -0.05) is 35.0 Å². The minimum Gasteiger partial charge on any atom is -0.443 e. The highest BCUT2D eigenvalue weighted by molar-refractivity contribution is 6.31. The number of aromatic nitrogens is 2. The van der Waals surface area contributed by atoms with E-state index in [1.807, 2.05) is 6.07 Å². The van der Waals surface area contributed by atoms with Crippen LogP contribution >= 0.6 is 11.6 Å². The highest BCUT2D eigenvalue weighted by Gasteiger charge is 2.16. The van der Waals surface area contributed by atoms with Crippen LogP contribution in [-0.2, 0) is 11.3 Å². The van der Waals surface area contributed by atoms with Gasteiger partial charge >= 0.3 is 6.09 Å². The predicted octanol–water partition coefficient (Wildman–Crippen LogP) is 3.65. The number of nitrogens with zero attached hydrogens (tertiary/aromatic N) is 3. The van der Waals surface area contributed by atoms with E-state index in [-0.39, 0.29) is 28.9 Å². The second-order valence-corrected chi connectivity index (χ2v) is 5.63. The molecule has 8 nitrogen and oxygen atoms in total. The van der Waals surface area contributed by atoms with Crippen LogP contribution in [-0.4, -0.2) is 22.2 Å². The van der Waals surface area contributed by atoms with Gasteiger partial charge in [-0.2, -0.15) is 0 Å². The summed E-state index contributed by atoms with van der Waals surface area (Å²) in [6, 6.07) is 12.6. The van der Waals surface area contributed by atoms with Gasteiger partial charge in [-0.25, -0.2) is 18.8 Å². The molecule has 3 N–H and O–H groups in total. The Kier molecular flexibility index (Phi) is 5.62. The van der Waals surface area contributed by atoms with E-state index in [9.17, 15) is 9.18 Å². The Morgan fingerprint density at radius 1 is 1.26 bits per heavy atom. The molecule has 0 aliphatic heterocycles. The number of amidine groups is 1. The van der Waals surface area contributed by atoms with Crippen LogP contribution in [0.3, 0.4) is 0 Å². The molecule has 138 valence electrons. The van der Waals surface area contributed by atoms with Crippen molar-refractivity contribution >= 4 is 34.9 Å². The lowest BCUT2D eigenvalue weighted by molar-refractivity contribution is 0.151. The number of nitrogens with two attached hydrogens (primary N) is 1. The molecule has 0 bridgehead atoms. The second-order valence-electron chi connectivity index (χ2n) is 5.22. The number of ether oxygens (including phenoxy) is 1. The van der Waals surface area contributed by atoms with Crippen molar-refractivity contribution in [1.82, 2.24) is 10.3 Å². The maximum Gasteiger partial charge on any atom is 0.412 e. The monoisotopic (exact) mass is 389 g/mol. The Labute approximate surface area is 157 Å². The van der Waals surface area contributed by atoms with Crippen molar-refractivity contribution in [3.63, 3.8) is 0 Å². The number of halogens is 2. The third kappa shape index (κ3) is 4.79. The SMILES string of the molecule is NC(=Nc1ccc(F)c(Cl)c1)c1nonc1COC(=O)Nc1ccccc1. The van der Waals surface area contributed by atoms with Gasteiger partial charge in [0, 0.05) is 5.69 Å². The van der Waals surface area contributed by atoms with Crippen molar-refractivity contribution in [1.29, 1.82) is 0 Å². The molecule has 0 radical (unpaired) electrons. The number of rotatable bonds is 5. The Hall–Kier alpha value is -3.46. The van der Waals surface area contributed by atoms with Crippen molar-refractivity contribution < 1.29 is 18.6 Å². The third-order valence-corrected chi connectivity index (χ3v) is 3.60. The van der Waals surface area contributed by atoms with Gasteiger partial charge in [0.25, 0.3) is 0 Å². The Balaban J connectivity index is 1.67. The van der Waals surface area contributed by atoms with E-state index in [0.717, 1.165) is 6.07 Å². The zero-order chi connectivity index (χ0) is 19.2. The van der Waals surface area contributed by atoms with Crippen LogP contribution in [0.4, 0.5) is 20.6 Å². The molecule has 3 rings (SSSR count). The molecule has 0 atom stereocenters. The van der Waals surface area contributed by atoms with Gasteiger partial charge in [0.1, 0.15) is 12.4 Å². The lowest BCUT2D eigenvalue weighted by Gasteiger charge is -2.06. The van der Waals surface area contributed by atoms with E-state index in [4.69, 9.17) is 22.1 Å². The highest BCUT2D eigenvalue weighted by Crippen LogP contribution is 2.22. The maximum absolute atomic E-state index is 13.2. The van der Waals surface area contributed by atoms with Crippen LogP contribution in [0, 0.1) is 5.82 Å². The van der Waals surface area contributed by atoms with Gasteiger partial charge in [-0.3, -0.25) is 5.32 Å². The summed E-state index contributed by atoms with van der Waals surface area (Å²) < 4.78 is 22.9. The predicted molar refractivity (Wildman–Crippen MR) is 96.3 cm³/mol. The summed E-state index contributed by atoms with van der Waals surface area (Å²) in [4.78, 5) is 15.9. The average molecular weight is 390 g/mol. The van der Waals surface area contributed by atoms with Gasteiger partial charge < -0.3 is 10.5 Å². The molecule has 0 spiro atoms. The number of para-hydroxylation sites is 1. The zero-order valence-corrected chi connectivity index (χ0v) is 14.5. The molecule has 0 unspecified atom stereocenters. The summed E-state index contributed by atoms with van der Waals surface area (Å²) in [5, 5.41) is 9.76. The van der Waals surface area contributed by atoms with Gasteiger partial charge in [0.05, 0.1) is 10.7 Å². The van der Waals surface area contributed by atoms with E-state index in [1.165, 1.54) is 12.1 Å². The zero-order valence-electron chi connectivity index (χ0n) is 13.7. The van der Waals surface area contributed by atoms with Gasteiger partial charge in [-0.05, 0) is 35.5 Å². The van der Waals surface area contributed by atoms with E-state index in [1.54, 1.807) is 24.3 Å². The molecular weight excluding hydrogens is 377 g/mol. The van der Waals surface area contributed by atoms with Crippen LogP contribution in [0.5, 0.6) is 0 Å². The highest BCUT2D eigenvalue weighted by atomic mass is 35.5. The van der Waals surface area contributed by atoms with Crippen molar-refractivity contribution in [3.8, 4) is 0 Å². The van der Waals surface area contributed by atoms with Crippen LogP contribution in [0.25, 0.3) is 0 Å². The smallest absolute Gasteiger partial charge is 0.412 e. The van der Waals surface area contributed by atoms with Crippen molar-refractivity contribution in [2.75, 3.05) is 5.32 Å². The quantitative estimate of drug-likeness (QED) is 0.508. The lowest BCUT2D eigenvalue weighted by Crippen LogP contribution is -2.18. The summed E-state index contributed by atoms with van der Waals surface area (Å²) in [5.41, 5.74) is 7.05. The number of hydrogen-bond donors (Lipinski definition) is 2. The fourth-order valence-electron chi connectivity index (χ4n) is 2.05. The van der Waals surface area contributed by atoms with E-state index < -0.39 is 11.9 Å². The fourth-order valence-corrected chi connectivity index (χ4v) is 2.23. The molecule has 0 saturated heterocycles. The summed E-state index contributed by atoms with van der Waals surface area (Å²) in [7, 11) is 0. The summed E-state index contributed by atoms with van der Waals surface area (Å²) in [6.07, 6.45) is -0.684. The minimum absolute atomic E-state index is 0.0546. The number of anilines is 1. The first kappa shape index (κ1) is 18.3. The number of carbonyl (C=O) groups is 1. The Bertz CT molecular complexity index is 978. The van der Waals surface area contributed by atoms with Gasteiger partial charge in [-0.15, -0.1) is 0 Å². The maximum atomic E-state index is 13.2. The fraction of sp³-hybridized carbons (Fsp3) is 0.0588. The second kappa shape index (κ2) is 8.28. The summed E-state index contributed by atoms with van der Waals surface area (Å²) >= 11 is 5.71. The van der Waals surface area contributed by atoms with Crippen LogP contribution < -0.4 is 11.1 Å². The van der Waals surface area contributed by atoms with E-state index in [0.29, 0.717) is 11.4 Å². The number of nitrogens with one attached hydrogen (secondary N) is 1. The first-order valence-electron chi connectivity index (χ1n) is 7.63. The van der Waals surface area contributed by atoms with E-state index >= 15 is 0 Å². The Morgan fingerprint density at radius 2 is 2.04 bits per heavy atom. The van der Waals surface area contributed by atoms with Gasteiger partial charge in [0.2, 0.25) is 0 Å². The van der Waals surface area contributed by atoms with Crippen LogP contribution in [0.1, 0.15) is 11.4 Å². The molecule has 1 amide bonds. The average Bonchev–Trinajstić information content (AvgIpc) is 3.13. The molecular formula is C17H13ClFN5O3. The number of hydrogen-bond acceptors (Lipinski definition) is 6. The largest absolute Gasteiger partial charge is 0.443 e. The van der Waals surface area contributed by atoms with Crippen molar-refractivity contribution in [2.24, 2.45) is 10.7 Å². The molecule has 0 aliphatic rings. The summed E-state index contributed by atoms with van der Waals surface area (Å²) in [6.45, 7) is -0.238. The molecule has 0 aliphatic carbocycles. The first-order chi connectivity index (χ1) is 13.0. The minimum atomic E-state index is -0.684. The third-order valence-electron chi connectivity index (χ3n) is 3.31. The molecule has 0 fully saturated rings. The molecule has 2 aromatic carbocycles. The van der Waals surface area contributed by atoms with Crippen molar-refractivity contribution in [3.05, 3.63) is 70.8 Å². The summed E-state index contributed by atoms with van der Waals surface area (Å²) in [5.74, 6) is -0.628. The number of carbonyl (C=O) groups excluding carboxylic acids is 1.